The second-order valence-electron chi connectivity index (χ2n) is 7.39. The molecule has 150 valence electrons. The van der Waals surface area contributed by atoms with Gasteiger partial charge in [0.2, 0.25) is 0 Å². The zero-order valence-electron chi connectivity index (χ0n) is 16.9. The Hall–Kier alpha value is 1.24. The van der Waals surface area contributed by atoms with E-state index >= 15 is 0 Å². The molecule has 0 aliphatic rings. The molecule has 0 fully saturated rings. The van der Waals surface area contributed by atoms with Gasteiger partial charge in [0, 0.05) is 23.7 Å². The van der Waals surface area contributed by atoms with E-state index in [2.05, 4.69) is 73.6 Å². The monoisotopic (exact) mass is 603 g/mol. The van der Waals surface area contributed by atoms with Gasteiger partial charge in [0.15, 0.2) is 0 Å². The average molecular weight is 604 g/mol. The molecule has 0 spiro atoms. The third-order valence-corrected chi connectivity index (χ3v) is 10.9. The molecule has 0 saturated heterocycles. The molecule has 0 aliphatic carbocycles. The fraction of sp³-hybridized carbons (Fsp3) is 0.737. The van der Waals surface area contributed by atoms with Crippen LogP contribution in [-0.2, 0) is 28.0 Å². The minimum absolute atomic E-state index is 0.0302. The number of hydrogen-bond acceptors (Lipinski definition) is 1. The Morgan fingerprint density at radius 1 is 0.760 bits per heavy atom. The normalized spacial score (nSPS) is 12.0. The van der Waals surface area contributed by atoms with Crippen molar-refractivity contribution in [2.75, 3.05) is 0 Å². The molecule has 0 unspecified atom stereocenters. The maximum absolute atomic E-state index is 5.01. The van der Waals surface area contributed by atoms with Gasteiger partial charge in [-0.05, 0) is 34.8 Å². The van der Waals surface area contributed by atoms with Gasteiger partial charge in [-0.15, -0.1) is 0 Å². The third-order valence-electron chi connectivity index (χ3n) is 4.21. The summed E-state index contributed by atoms with van der Waals surface area (Å²) in [6.07, 6.45) is 2.36. The zero-order valence-corrected chi connectivity index (χ0v) is 22.7. The molecule has 6 heteroatoms. The van der Waals surface area contributed by atoms with E-state index < -0.39 is 15.7 Å². The van der Waals surface area contributed by atoms with Gasteiger partial charge in [0.25, 0.3) is 0 Å². The van der Waals surface area contributed by atoms with Gasteiger partial charge in [-0.2, -0.15) is 0 Å². The Bertz CT molecular complexity index is 417. The fourth-order valence-corrected chi connectivity index (χ4v) is 7.95. The third kappa shape index (κ3) is 11.0. The van der Waals surface area contributed by atoms with Crippen molar-refractivity contribution in [3.05, 3.63) is 29.6 Å². The molecular weight excluding hydrogens is 567 g/mol. The molecule has 1 aromatic heterocycles. The van der Waals surface area contributed by atoms with Crippen LogP contribution in [0.5, 0.6) is 0 Å². The van der Waals surface area contributed by atoms with E-state index in [4.69, 9.17) is 24.2 Å². The molecule has 0 aliphatic heterocycles. The van der Waals surface area contributed by atoms with Crippen molar-refractivity contribution in [3.63, 3.8) is 0 Å². The summed E-state index contributed by atoms with van der Waals surface area (Å²) in [7, 11) is 9.87. The Kier molecular flexibility index (Phi) is 15.0. The zero-order chi connectivity index (χ0) is 19.6. The number of nitrogens with zero attached hydrogens (tertiary/aromatic N) is 1. The Morgan fingerprint density at radius 3 is 1.28 bits per heavy atom. The molecule has 25 heavy (non-hydrogen) atoms. The van der Waals surface area contributed by atoms with Crippen LogP contribution in [0, 0.1) is 0 Å². The first-order valence-corrected chi connectivity index (χ1v) is 18.6. The van der Waals surface area contributed by atoms with E-state index in [1.807, 2.05) is 0 Å². The summed E-state index contributed by atoms with van der Waals surface area (Å²) < 4.78 is 0. The summed E-state index contributed by atoms with van der Waals surface area (Å²) in [6.45, 7) is 18.9. The van der Waals surface area contributed by atoms with Gasteiger partial charge in [0.1, 0.15) is 0 Å². The van der Waals surface area contributed by atoms with Crippen molar-refractivity contribution in [1.29, 1.82) is 0 Å². The molecule has 0 atom stereocenters. The molecule has 0 bridgehead atoms. The van der Waals surface area contributed by atoms with Crippen LogP contribution in [0.1, 0.15) is 66.8 Å². The summed E-state index contributed by atoms with van der Waals surface area (Å²) >= 11 is -0.639. The molecule has 0 aromatic carbocycles. The van der Waals surface area contributed by atoms with Gasteiger partial charge in [-0.3, -0.25) is 4.98 Å². The number of halogens is 2. The summed E-state index contributed by atoms with van der Waals surface area (Å²) in [5.41, 5.74) is 5.75. The second-order valence-corrected chi connectivity index (χ2v) is 17.9. The van der Waals surface area contributed by atoms with Crippen LogP contribution >= 0.6 is 35.0 Å². The van der Waals surface area contributed by atoms with E-state index in [-0.39, 0.29) is 15.8 Å². The van der Waals surface area contributed by atoms with Crippen LogP contribution in [0.25, 0.3) is 0 Å². The van der Waals surface area contributed by atoms with Gasteiger partial charge in [0.05, 0.1) is 0 Å². The summed E-state index contributed by atoms with van der Waals surface area (Å²) in [4.78, 5) is 5.01. The first kappa shape index (κ1) is 26.2. The van der Waals surface area contributed by atoms with Crippen LogP contribution in [0.2, 0.25) is 0 Å². The topological polar surface area (TPSA) is 12.9 Å². The minimum atomic E-state index is -0.639. The SMILES string of the molecule is CC(C)P(Cc1cccc(CP(C(C)C)C(C)C)n1)C(C)C.[Cl][IrH][Cl]. The van der Waals surface area contributed by atoms with E-state index in [0.29, 0.717) is 0 Å². The number of aromatic nitrogens is 1. The van der Waals surface area contributed by atoms with E-state index in [0.717, 1.165) is 22.6 Å². The molecule has 1 heterocycles. The van der Waals surface area contributed by atoms with Gasteiger partial charge >= 0.3 is 34.8 Å². The van der Waals surface area contributed by atoms with Crippen LogP contribution in [-0.4, -0.2) is 27.6 Å². The standard InChI is InChI=1S/C19H35NP2.2ClH.Ir.H/c1-14(2)21(15(3)4)12-18-10-9-11-19(20-18)13-22(16(5)6)17(7)8;;;;/h9-11,14-17H,12-13H2,1-8H3;2*1H;;/q;;;+2;/p-2. The quantitative estimate of drug-likeness (QED) is 0.277. The summed E-state index contributed by atoms with van der Waals surface area (Å²) in [6, 6.07) is 6.69. The molecular formula is C19H36Cl2IrNP2. The van der Waals surface area contributed by atoms with Crippen molar-refractivity contribution >= 4 is 35.0 Å². The Labute approximate surface area is 174 Å². The predicted octanol–water partition coefficient (Wildman–Crippen LogP) is 7.79. The van der Waals surface area contributed by atoms with Crippen LogP contribution in [0.3, 0.4) is 0 Å². The van der Waals surface area contributed by atoms with Gasteiger partial charge < -0.3 is 0 Å². The van der Waals surface area contributed by atoms with Crippen molar-refractivity contribution in [3.8, 4) is 0 Å². The Balaban J connectivity index is 0.00000178. The molecule has 1 rings (SSSR count). The van der Waals surface area contributed by atoms with E-state index in [1.165, 1.54) is 23.7 Å². The van der Waals surface area contributed by atoms with Crippen LogP contribution in [0.15, 0.2) is 18.2 Å². The summed E-state index contributed by atoms with van der Waals surface area (Å²) in [5.74, 6) is 0. The number of rotatable bonds is 8. The van der Waals surface area contributed by atoms with Crippen molar-refractivity contribution < 1.29 is 15.7 Å². The van der Waals surface area contributed by atoms with Crippen molar-refractivity contribution in [2.45, 2.75) is 90.3 Å². The van der Waals surface area contributed by atoms with Crippen LogP contribution in [0.4, 0.5) is 0 Å². The summed E-state index contributed by atoms with van der Waals surface area (Å²) in [5, 5.41) is 0. The molecule has 1 nitrogen and oxygen atoms in total. The van der Waals surface area contributed by atoms with Gasteiger partial charge in [-0.25, -0.2) is 0 Å². The molecule has 0 amide bonds. The molecule has 0 radical (unpaired) electrons. The number of hydrogen-bond donors (Lipinski definition) is 0. The molecule has 1 aromatic rings. The van der Waals surface area contributed by atoms with E-state index in [9.17, 15) is 0 Å². The van der Waals surface area contributed by atoms with E-state index in [1.54, 1.807) is 0 Å². The van der Waals surface area contributed by atoms with Crippen LogP contribution < -0.4 is 0 Å². The molecule has 0 N–H and O–H groups in total. The Morgan fingerprint density at radius 2 is 1.04 bits per heavy atom. The van der Waals surface area contributed by atoms with Crippen molar-refractivity contribution in [1.82, 2.24) is 4.98 Å². The maximum atomic E-state index is 5.01. The number of pyridine rings is 1. The fourth-order valence-electron chi connectivity index (χ4n) is 3.00. The first-order chi connectivity index (χ1) is 11.6. The van der Waals surface area contributed by atoms with Crippen molar-refractivity contribution in [2.24, 2.45) is 0 Å². The molecule has 0 saturated carbocycles. The van der Waals surface area contributed by atoms with Gasteiger partial charge in [-0.1, -0.05) is 77.3 Å². The second kappa shape index (κ2) is 14.3. The first-order valence-electron chi connectivity index (χ1n) is 8.95. The average Bonchev–Trinajstić information content (AvgIpc) is 2.50. The predicted molar refractivity (Wildman–Crippen MR) is 119 cm³/mol.